The number of nitrogens with zero attached hydrogens (tertiary/aromatic N) is 1. The lowest BCUT2D eigenvalue weighted by Crippen LogP contribution is -2.58. The zero-order valence-corrected chi connectivity index (χ0v) is 11.5. The number of hydrogen-bond donors (Lipinski definition) is 1. The molecule has 3 aliphatic rings. The van der Waals surface area contributed by atoms with Crippen LogP contribution in [0.3, 0.4) is 0 Å². The summed E-state index contributed by atoms with van der Waals surface area (Å²) in [7, 11) is 0. The third kappa shape index (κ3) is 2.64. The van der Waals surface area contributed by atoms with E-state index >= 15 is 0 Å². The van der Waals surface area contributed by atoms with Crippen molar-refractivity contribution < 1.29 is 14.3 Å². The minimum Gasteiger partial charge on any atom is -0.375 e. The van der Waals surface area contributed by atoms with E-state index in [1.54, 1.807) is 0 Å². The molecule has 0 radical (unpaired) electrons. The van der Waals surface area contributed by atoms with Crippen molar-refractivity contribution in [3.05, 3.63) is 0 Å². The second kappa shape index (κ2) is 5.38. The zero-order valence-electron chi connectivity index (χ0n) is 11.5. The number of ether oxygens (including phenoxy) is 2. The van der Waals surface area contributed by atoms with Gasteiger partial charge in [-0.3, -0.25) is 4.79 Å². The fourth-order valence-electron chi connectivity index (χ4n) is 3.52. The molecular weight excluding hydrogens is 244 g/mol. The maximum Gasteiger partial charge on any atom is 0.242 e. The van der Waals surface area contributed by atoms with Crippen molar-refractivity contribution in [2.75, 3.05) is 26.3 Å². The molecule has 1 amide bonds. The largest absolute Gasteiger partial charge is 0.375 e. The lowest BCUT2D eigenvalue weighted by atomic mass is 9.96. The smallest absolute Gasteiger partial charge is 0.242 e. The Morgan fingerprint density at radius 2 is 1.84 bits per heavy atom. The Balaban J connectivity index is 1.62. The van der Waals surface area contributed by atoms with Gasteiger partial charge in [-0.2, -0.15) is 0 Å². The number of carbonyl (C=O) groups excluding carboxylic acids is 1. The summed E-state index contributed by atoms with van der Waals surface area (Å²) in [5, 5.41) is 0. The first-order valence-electron chi connectivity index (χ1n) is 7.50. The molecule has 2 saturated heterocycles. The molecule has 1 saturated carbocycles. The highest BCUT2D eigenvalue weighted by molar-refractivity contribution is 5.86. The van der Waals surface area contributed by atoms with E-state index < -0.39 is 5.54 Å². The summed E-state index contributed by atoms with van der Waals surface area (Å²) in [6.45, 7) is 2.73. The van der Waals surface area contributed by atoms with E-state index in [9.17, 15) is 4.79 Å². The van der Waals surface area contributed by atoms with Crippen LogP contribution in [0.4, 0.5) is 0 Å². The van der Waals surface area contributed by atoms with E-state index in [0.29, 0.717) is 19.7 Å². The van der Waals surface area contributed by atoms with Gasteiger partial charge in [0.05, 0.1) is 18.2 Å². The fourth-order valence-corrected chi connectivity index (χ4v) is 3.52. The highest BCUT2D eigenvalue weighted by Crippen LogP contribution is 2.30. The fraction of sp³-hybridized carbons (Fsp3) is 0.929. The van der Waals surface area contributed by atoms with Gasteiger partial charge in [-0.05, 0) is 25.7 Å². The first-order chi connectivity index (χ1) is 9.19. The summed E-state index contributed by atoms with van der Waals surface area (Å²) < 4.78 is 11.5. The summed E-state index contributed by atoms with van der Waals surface area (Å²) in [6, 6.07) is 0. The van der Waals surface area contributed by atoms with Gasteiger partial charge in [0.25, 0.3) is 0 Å². The van der Waals surface area contributed by atoms with Gasteiger partial charge in [-0.15, -0.1) is 0 Å². The van der Waals surface area contributed by atoms with Gasteiger partial charge in [0.2, 0.25) is 5.91 Å². The Bertz CT molecular complexity index is 336. The molecule has 1 aliphatic carbocycles. The molecule has 2 atom stereocenters. The van der Waals surface area contributed by atoms with Gasteiger partial charge in [-0.1, -0.05) is 12.8 Å². The highest BCUT2D eigenvalue weighted by Gasteiger charge is 2.42. The van der Waals surface area contributed by atoms with Crippen molar-refractivity contribution in [3.63, 3.8) is 0 Å². The van der Waals surface area contributed by atoms with Crippen LogP contribution in [-0.4, -0.2) is 54.9 Å². The van der Waals surface area contributed by atoms with Crippen LogP contribution in [0.2, 0.25) is 0 Å². The molecule has 5 nitrogen and oxygen atoms in total. The van der Waals surface area contributed by atoms with Crippen LogP contribution in [0.1, 0.15) is 38.5 Å². The quantitative estimate of drug-likeness (QED) is 0.799. The molecule has 0 unspecified atom stereocenters. The van der Waals surface area contributed by atoms with Crippen molar-refractivity contribution >= 4 is 5.91 Å². The third-order valence-electron chi connectivity index (χ3n) is 4.68. The second-order valence-corrected chi connectivity index (χ2v) is 6.08. The van der Waals surface area contributed by atoms with Crippen LogP contribution < -0.4 is 5.73 Å². The third-order valence-corrected chi connectivity index (χ3v) is 4.68. The van der Waals surface area contributed by atoms with Crippen LogP contribution in [0.15, 0.2) is 0 Å². The van der Waals surface area contributed by atoms with Gasteiger partial charge in [0, 0.05) is 19.7 Å². The van der Waals surface area contributed by atoms with Crippen LogP contribution in [0.25, 0.3) is 0 Å². The van der Waals surface area contributed by atoms with Gasteiger partial charge in [0.1, 0.15) is 6.10 Å². The topological polar surface area (TPSA) is 64.8 Å². The molecule has 0 aromatic carbocycles. The highest BCUT2D eigenvalue weighted by atomic mass is 16.5. The number of rotatable bonds is 2. The van der Waals surface area contributed by atoms with E-state index in [1.165, 1.54) is 0 Å². The average Bonchev–Trinajstić information content (AvgIpc) is 3.10. The molecule has 19 heavy (non-hydrogen) atoms. The Kier molecular flexibility index (Phi) is 3.78. The Labute approximate surface area is 114 Å². The molecule has 2 heterocycles. The molecule has 2 N–H and O–H groups in total. The van der Waals surface area contributed by atoms with Gasteiger partial charge in [-0.25, -0.2) is 0 Å². The minimum absolute atomic E-state index is 0.0326. The van der Waals surface area contributed by atoms with Crippen molar-refractivity contribution in [2.45, 2.75) is 56.3 Å². The molecule has 5 heteroatoms. The van der Waals surface area contributed by atoms with E-state index in [0.717, 1.165) is 45.1 Å². The Morgan fingerprint density at radius 1 is 1.11 bits per heavy atom. The van der Waals surface area contributed by atoms with Crippen LogP contribution >= 0.6 is 0 Å². The first kappa shape index (κ1) is 13.3. The van der Waals surface area contributed by atoms with Gasteiger partial charge < -0.3 is 20.1 Å². The molecule has 0 bridgehead atoms. The summed E-state index contributed by atoms with van der Waals surface area (Å²) in [5.41, 5.74) is 5.66. The molecule has 3 rings (SSSR count). The monoisotopic (exact) mass is 268 g/mol. The second-order valence-electron chi connectivity index (χ2n) is 6.08. The van der Waals surface area contributed by atoms with Crippen molar-refractivity contribution in [2.24, 2.45) is 5.73 Å². The molecule has 0 aromatic heterocycles. The van der Waals surface area contributed by atoms with Crippen LogP contribution in [0.5, 0.6) is 0 Å². The van der Waals surface area contributed by atoms with Crippen molar-refractivity contribution in [3.8, 4) is 0 Å². The Morgan fingerprint density at radius 3 is 2.53 bits per heavy atom. The maximum absolute atomic E-state index is 12.6. The predicted molar refractivity (Wildman–Crippen MR) is 70.7 cm³/mol. The molecule has 2 aliphatic heterocycles. The molecular formula is C14H24N2O3. The molecule has 0 spiro atoms. The lowest BCUT2D eigenvalue weighted by Gasteiger charge is -2.39. The van der Waals surface area contributed by atoms with E-state index in [1.807, 2.05) is 4.90 Å². The summed E-state index contributed by atoms with van der Waals surface area (Å²) in [6.07, 6.45) is 6.13. The number of morpholine rings is 1. The van der Waals surface area contributed by atoms with E-state index in [2.05, 4.69) is 0 Å². The van der Waals surface area contributed by atoms with Crippen molar-refractivity contribution in [1.29, 1.82) is 0 Å². The summed E-state index contributed by atoms with van der Waals surface area (Å²) in [5.74, 6) is 0.122. The van der Waals surface area contributed by atoms with Crippen molar-refractivity contribution in [1.82, 2.24) is 4.90 Å². The normalized spacial score (nSPS) is 34.7. The number of amides is 1. The first-order valence-corrected chi connectivity index (χ1v) is 7.50. The van der Waals surface area contributed by atoms with Gasteiger partial charge in [0.15, 0.2) is 0 Å². The van der Waals surface area contributed by atoms with E-state index in [-0.39, 0.29) is 18.1 Å². The lowest BCUT2D eigenvalue weighted by molar-refractivity contribution is -0.150. The standard InChI is InChI=1S/C14H24N2O3/c15-14(5-1-2-6-14)13(17)16-7-9-19-12(10-16)11-4-3-8-18-11/h11-12H,1-10,15H2/t11-,12-/m1/s1. The molecule has 0 aromatic rings. The van der Waals surface area contributed by atoms with E-state index in [4.69, 9.17) is 15.2 Å². The zero-order chi connectivity index (χ0) is 13.3. The average molecular weight is 268 g/mol. The maximum atomic E-state index is 12.6. The molecule has 108 valence electrons. The van der Waals surface area contributed by atoms with Gasteiger partial charge >= 0.3 is 0 Å². The minimum atomic E-state index is -0.613. The SMILES string of the molecule is NC1(C(=O)N2CCO[C@@H]([C@H]3CCCO3)C2)CCCC1. The number of hydrogen-bond acceptors (Lipinski definition) is 4. The number of nitrogens with two attached hydrogens (primary N) is 1. The number of carbonyl (C=O) groups is 1. The predicted octanol–water partition coefficient (Wildman–Crippen LogP) is 0.664. The summed E-state index contributed by atoms with van der Waals surface area (Å²) >= 11 is 0. The van der Waals surface area contributed by atoms with Crippen LogP contribution in [0, 0.1) is 0 Å². The van der Waals surface area contributed by atoms with Crippen LogP contribution in [-0.2, 0) is 14.3 Å². The summed E-state index contributed by atoms with van der Waals surface area (Å²) in [4.78, 5) is 14.5. The Hall–Kier alpha value is -0.650. The molecule has 3 fully saturated rings.